The molecule has 4 N–H and O–H groups in total. The standard InChI is InChI=1S/C58H86N4O17/c1-6-44-40(2)49-37-53-47(39-64)42(4)48(60-53)36-50-41(3)45(57(61-50)46-35-54(65)56-43(5)51(62-58(46)56)38-52(44)59-49)7-8-55(66)79-34-33-78-32-31-77-30-29-76-28-27-75-26-25-74-24-23-73-22-21-72-20-19-71-18-17-70-16-15-69-14-13-68-12-11-67-10-9-63/h36-38,41,45,61,63-65H,6-35,39H2,1-5H3/t41-,45-/m0/s1. The number of hydrogen-bond donors (Lipinski definition) is 4. The van der Waals surface area contributed by atoms with E-state index in [1.165, 1.54) is 0 Å². The molecule has 0 aromatic carbocycles. The van der Waals surface area contributed by atoms with Gasteiger partial charge in [-0.1, -0.05) is 13.8 Å². The summed E-state index contributed by atoms with van der Waals surface area (Å²) in [5, 5.41) is 34.3. The molecule has 440 valence electrons. The summed E-state index contributed by atoms with van der Waals surface area (Å²) in [6.45, 7) is 20.9. The van der Waals surface area contributed by atoms with Gasteiger partial charge in [-0.15, -0.1) is 0 Å². The largest absolute Gasteiger partial charge is 0.511 e. The molecule has 0 aromatic rings. The third kappa shape index (κ3) is 20.1. The number of ether oxygens (including phenoxy) is 13. The van der Waals surface area contributed by atoms with E-state index in [2.05, 4.69) is 26.1 Å². The van der Waals surface area contributed by atoms with Crippen LogP contribution in [-0.4, -0.2) is 217 Å². The SMILES string of the molecule is CCC1=C(C)C2=NC1=CC1=C(C)C3=C(O)CC(=C4NC(=CC5=NC(=C2)C(CO)=C5C)[C@@H](C)[C@@H]4CCC(=O)OCCOCCOCCOCCOCCOCCOCCOCCOCCOCCOCCOCCOCCO)C3=N1. The number of allylic oxidation sites excluding steroid dienone is 11. The Bertz CT molecular complexity index is 2340. The minimum Gasteiger partial charge on any atom is -0.511 e. The summed E-state index contributed by atoms with van der Waals surface area (Å²) in [4.78, 5) is 28.3. The summed E-state index contributed by atoms with van der Waals surface area (Å²) in [5.74, 6) is -0.156. The van der Waals surface area contributed by atoms with Crippen molar-refractivity contribution in [2.45, 2.75) is 60.3 Å². The van der Waals surface area contributed by atoms with E-state index in [0.717, 1.165) is 85.4 Å². The van der Waals surface area contributed by atoms with Crippen molar-refractivity contribution < 1.29 is 81.7 Å². The van der Waals surface area contributed by atoms with Crippen LogP contribution < -0.4 is 5.32 Å². The molecule has 0 spiro atoms. The molecule has 79 heavy (non-hydrogen) atoms. The predicted octanol–water partition coefficient (Wildman–Crippen LogP) is 5.17. The van der Waals surface area contributed by atoms with Crippen molar-refractivity contribution in [1.82, 2.24) is 5.32 Å². The van der Waals surface area contributed by atoms with E-state index in [9.17, 15) is 15.0 Å². The van der Waals surface area contributed by atoms with Crippen LogP contribution in [0.1, 0.15) is 60.3 Å². The molecule has 0 saturated carbocycles. The monoisotopic (exact) mass is 1110 g/mol. The molecule has 1 aliphatic carbocycles. The fourth-order valence-electron chi connectivity index (χ4n) is 9.50. The second-order valence-corrected chi connectivity index (χ2v) is 19.1. The van der Waals surface area contributed by atoms with Gasteiger partial charge in [0.2, 0.25) is 0 Å². The van der Waals surface area contributed by atoms with E-state index in [-0.39, 0.29) is 56.4 Å². The lowest BCUT2D eigenvalue weighted by Gasteiger charge is -2.17. The van der Waals surface area contributed by atoms with Gasteiger partial charge in [0.1, 0.15) is 12.4 Å². The number of fused-ring (bicyclic) bond motifs is 5. The van der Waals surface area contributed by atoms with Crippen LogP contribution in [0.3, 0.4) is 0 Å². The van der Waals surface area contributed by atoms with Gasteiger partial charge in [-0.25, -0.2) is 15.0 Å². The molecule has 21 heteroatoms. The maximum atomic E-state index is 13.1. The number of aliphatic hydroxyl groups excluding tert-OH is 3. The minimum absolute atomic E-state index is 0.0138. The molecule has 2 atom stereocenters. The average Bonchev–Trinajstić information content (AvgIpc) is 4.37. The van der Waals surface area contributed by atoms with Crippen LogP contribution in [0.2, 0.25) is 0 Å². The highest BCUT2D eigenvalue weighted by molar-refractivity contribution is 6.21. The number of aliphatic imine (C=N–C) groups is 3. The average molecular weight is 1110 g/mol. The van der Waals surface area contributed by atoms with Crippen molar-refractivity contribution in [2.75, 3.05) is 178 Å². The third-order valence-electron chi connectivity index (χ3n) is 13.8. The number of rotatable bonds is 43. The van der Waals surface area contributed by atoms with Gasteiger partial charge in [-0.2, -0.15) is 0 Å². The lowest BCUT2D eigenvalue weighted by molar-refractivity contribution is -0.145. The van der Waals surface area contributed by atoms with Gasteiger partial charge in [-0.05, 0) is 74.1 Å². The van der Waals surface area contributed by atoms with Crippen LogP contribution in [-0.2, 0) is 66.4 Å². The van der Waals surface area contributed by atoms with Gasteiger partial charge in [0.15, 0.2) is 0 Å². The van der Waals surface area contributed by atoms with Gasteiger partial charge in [0, 0.05) is 52.8 Å². The molecular weight excluding hydrogens is 1020 g/mol. The van der Waals surface area contributed by atoms with Crippen LogP contribution in [0.5, 0.6) is 0 Å². The molecule has 0 amide bonds. The summed E-state index contributed by atoms with van der Waals surface area (Å²) in [6, 6.07) is 0. The van der Waals surface area contributed by atoms with Gasteiger partial charge < -0.3 is 82.2 Å². The molecule has 0 aromatic heterocycles. The Morgan fingerprint density at radius 2 is 0.975 bits per heavy atom. The van der Waals surface area contributed by atoms with E-state index in [1.54, 1.807) is 0 Å². The number of nitrogens with zero attached hydrogens (tertiary/aromatic N) is 3. The molecule has 0 unspecified atom stereocenters. The molecule has 0 radical (unpaired) electrons. The fraction of sp³-hybridized carbons (Fsp3) is 0.655. The van der Waals surface area contributed by atoms with E-state index >= 15 is 0 Å². The first-order valence-electron chi connectivity index (χ1n) is 27.9. The molecule has 5 heterocycles. The lowest BCUT2D eigenvalue weighted by atomic mass is 9.86. The number of nitrogens with one attached hydrogen (secondary N) is 1. The van der Waals surface area contributed by atoms with Crippen molar-refractivity contribution in [3.8, 4) is 0 Å². The normalized spacial score (nSPS) is 18.8. The number of carbonyl (C=O) groups is 1. The lowest BCUT2D eigenvalue weighted by Crippen LogP contribution is -2.17. The summed E-state index contributed by atoms with van der Waals surface area (Å²) in [5.41, 5.74) is 12.9. The molecule has 5 aliphatic heterocycles. The summed E-state index contributed by atoms with van der Waals surface area (Å²) >= 11 is 0. The Hall–Kier alpha value is -4.56. The predicted molar refractivity (Wildman–Crippen MR) is 296 cm³/mol. The molecular formula is C58H86N4O17. The quantitative estimate of drug-likeness (QED) is 0.0455. The Morgan fingerprint density at radius 1 is 0.557 bits per heavy atom. The summed E-state index contributed by atoms with van der Waals surface area (Å²) in [7, 11) is 0. The van der Waals surface area contributed by atoms with E-state index in [1.807, 2.05) is 32.1 Å². The third-order valence-corrected chi connectivity index (χ3v) is 13.8. The van der Waals surface area contributed by atoms with E-state index < -0.39 is 0 Å². The Labute approximate surface area is 465 Å². The molecule has 21 nitrogen and oxygen atoms in total. The molecule has 6 aliphatic rings. The highest BCUT2D eigenvalue weighted by Crippen LogP contribution is 2.46. The Kier molecular flexibility index (Phi) is 29.0. The Balaban J connectivity index is 0.752. The van der Waals surface area contributed by atoms with Crippen LogP contribution in [0.15, 0.2) is 106 Å². The van der Waals surface area contributed by atoms with Crippen LogP contribution in [0, 0.1) is 11.8 Å². The fourth-order valence-corrected chi connectivity index (χ4v) is 9.50. The molecule has 8 bridgehead atoms. The molecule has 6 rings (SSSR count). The highest BCUT2D eigenvalue weighted by atomic mass is 16.6. The van der Waals surface area contributed by atoms with E-state index in [4.69, 9.17) is 81.7 Å². The maximum Gasteiger partial charge on any atom is 0.305 e. The molecule has 1 saturated heterocycles. The highest BCUT2D eigenvalue weighted by Gasteiger charge is 2.41. The second kappa shape index (κ2) is 36.0. The number of carbonyl (C=O) groups excluding carboxylic acids is 1. The van der Waals surface area contributed by atoms with Crippen LogP contribution in [0.4, 0.5) is 0 Å². The zero-order chi connectivity index (χ0) is 56.0. The van der Waals surface area contributed by atoms with Crippen LogP contribution >= 0.6 is 0 Å². The van der Waals surface area contributed by atoms with Crippen molar-refractivity contribution in [1.29, 1.82) is 0 Å². The summed E-state index contributed by atoms with van der Waals surface area (Å²) in [6.07, 6.45) is 7.84. The number of aliphatic hydroxyl groups is 3. The smallest absolute Gasteiger partial charge is 0.305 e. The number of hydrogen-bond acceptors (Lipinski definition) is 21. The van der Waals surface area contributed by atoms with Crippen LogP contribution in [0.25, 0.3) is 0 Å². The maximum absolute atomic E-state index is 13.1. The van der Waals surface area contributed by atoms with Crippen molar-refractivity contribution >= 4 is 23.1 Å². The van der Waals surface area contributed by atoms with Crippen molar-refractivity contribution in [2.24, 2.45) is 26.8 Å². The number of esters is 1. The first-order valence-corrected chi connectivity index (χ1v) is 27.9. The first-order chi connectivity index (χ1) is 38.7. The first kappa shape index (κ1) is 63.6. The summed E-state index contributed by atoms with van der Waals surface area (Å²) < 4.78 is 71.4. The van der Waals surface area contributed by atoms with Gasteiger partial charge in [0.05, 0.1) is 206 Å². The van der Waals surface area contributed by atoms with Crippen molar-refractivity contribution in [3.05, 3.63) is 91.5 Å². The van der Waals surface area contributed by atoms with Crippen molar-refractivity contribution in [3.63, 3.8) is 0 Å². The second-order valence-electron chi connectivity index (χ2n) is 19.1. The zero-order valence-corrected chi connectivity index (χ0v) is 47.2. The van der Waals surface area contributed by atoms with E-state index in [0.29, 0.717) is 170 Å². The topological polar surface area (TPSA) is 247 Å². The molecule has 1 fully saturated rings. The van der Waals surface area contributed by atoms with Gasteiger partial charge in [-0.3, -0.25) is 4.79 Å². The van der Waals surface area contributed by atoms with Gasteiger partial charge >= 0.3 is 5.97 Å². The van der Waals surface area contributed by atoms with Gasteiger partial charge in [0.25, 0.3) is 0 Å². The zero-order valence-electron chi connectivity index (χ0n) is 47.2. The Morgan fingerprint density at radius 3 is 1.42 bits per heavy atom. The minimum atomic E-state index is -0.315.